The van der Waals surface area contributed by atoms with Gasteiger partial charge in [0.25, 0.3) is 0 Å². The van der Waals surface area contributed by atoms with Crippen molar-refractivity contribution in [1.82, 2.24) is 10.2 Å². The molecule has 3 aromatic carbocycles. The summed E-state index contributed by atoms with van der Waals surface area (Å²) < 4.78 is 0.795. The van der Waals surface area contributed by atoms with E-state index in [4.69, 9.17) is 0 Å². The zero-order valence-corrected chi connectivity index (χ0v) is 25.5. The Morgan fingerprint density at radius 2 is 1.33 bits per heavy atom. The fourth-order valence-corrected chi connectivity index (χ4v) is 6.12. The highest BCUT2D eigenvalue weighted by Gasteiger charge is 2.38. The number of rotatable bonds is 13. The third-order valence-electron chi connectivity index (χ3n) is 8.16. The lowest BCUT2D eigenvalue weighted by Gasteiger charge is -2.32. The van der Waals surface area contributed by atoms with Crippen molar-refractivity contribution < 1.29 is 29.4 Å². The van der Waals surface area contributed by atoms with Crippen molar-refractivity contribution in [1.29, 1.82) is 0 Å². The summed E-state index contributed by atoms with van der Waals surface area (Å²) in [5, 5.41) is 22.1. The molecule has 226 valence electrons. The van der Waals surface area contributed by atoms with Crippen LogP contribution in [0.25, 0.3) is 0 Å². The Kier molecular flexibility index (Phi) is 11.5. The van der Waals surface area contributed by atoms with Crippen LogP contribution in [0.5, 0.6) is 0 Å². The first kappa shape index (κ1) is 31.9. The second kappa shape index (κ2) is 15.5. The Bertz CT molecular complexity index is 1340. The van der Waals surface area contributed by atoms with Crippen LogP contribution in [0.1, 0.15) is 67.2 Å². The van der Waals surface area contributed by atoms with E-state index in [0.717, 1.165) is 28.4 Å². The summed E-state index contributed by atoms with van der Waals surface area (Å²) in [5.41, 5.74) is 2.69. The highest BCUT2D eigenvalue weighted by atomic mass is 79.9. The summed E-state index contributed by atoms with van der Waals surface area (Å²) >= 11 is 3.41. The standard InChI is InChI=1S/C34H37BrN2O6/c35-26-17-15-25(16-18-26)31(36-32(40)28-13-7-8-14-29(28)34(42)43)33(41)37(22-20-30(38)39)21-19-27(23-9-3-1-4-10-23)24-11-5-2-6-12-24/h1-6,9-12,15-18,27-29,31H,7-8,13-14,19-22H2,(H,36,40)(H,38,39)(H,42,43)/t28-,29-,31+/m1/s1. The number of nitrogens with zero attached hydrogens (tertiary/aromatic N) is 1. The molecular weight excluding hydrogens is 612 g/mol. The summed E-state index contributed by atoms with van der Waals surface area (Å²) in [6.45, 7) is 0.221. The van der Waals surface area contributed by atoms with Crippen molar-refractivity contribution >= 4 is 39.7 Å². The summed E-state index contributed by atoms with van der Waals surface area (Å²) in [6.07, 6.45) is 2.60. The first-order valence-corrected chi connectivity index (χ1v) is 15.4. The van der Waals surface area contributed by atoms with Crippen molar-refractivity contribution in [2.75, 3.05) is 13.1 Å². The minimum Gasteiger partial charge on any atom is -0.481 e. The highest BCUT2D eigenvalue weighted by Crippen LogP contribution is 2.32. The number of carboxylic acids is 2. The van der Waals surface area contributed by atoms with E-state index in [1.165, 1.54) is 4.90 Å². The van der Waals surface area contributed by atoms with Crippen LogP contribution >= 0.6 is 15.9 Å². The molecule has 0 unspecified atom stereocenters. The molecule has 0 spiro atoms. The molecule has 9 heteroatoms. The molecule has 43 heavy (non-hydrogen) atoms. The second-order valence-electron chi connectivity index (χ2n) is 11.0. The summed E-state index contributed by atoms with van der Waals surface area (Å²) in [4.78, 5) is 52.8. The monoisotopic (exact) mass is 648 g/mol. The summed E-state index contributed by atoms with van der Waals surface area (Å²) in [6, 6.07) is 25.8. The maximum atomic E-state index is 14.3. The highest BCUT2D eigenvalue weighted by molar-refractivity contribution is 9.10. The van der Waals surface area contributed by atoms with Gasteiger partial charge in [-0.2, -0.15) is 0 Å². The van der Waals surface area contributed by atoms with Gasteiger partial charge in [-0.1, -0.05) is 102 Å². The van der Waals surface area contributed by atoms with E-state index in [-0.39, 0.29) is 25.4 Å². The molecule has 2 amide bonds. The Hall–Kier alpha value is -3.98. The topological polar surface area (TPSA) is 124 Å². The first-order chi connectivity index (χ1) is 20.7. The normalized spacial score (nSPS) is 17.2. The fraction of sp³-hybridized carbons (Fsp3) is 0.353. The van der Waals surface area contributed by atoms with Crippen LogP contribution in [0.15, 0.2) is 89.4 Å². The summed E-state index contributed by atoms with van der Waals surface area (Å²) in [5.74, 6) is -4.54. The summed E-state index contributed by atoms with van der Waals surface area (Å²) in [7, 11) is 0. The van der Waals surface area contributed by atoms with E-state index < -0.39 is 41.6 Å². The molecule has 0 aliphatic heterocycles. The number of hydrogen-bond donors (Lipinski definition) is 3. The Morgan fingerprint density at radius 3 is 1.86 bits per heavy atom. The molecule has 4 rings (SSSR count). The molecule has 3 N–H and O–H groups in total. The van der Waals surface area contributed by atoms with Gasteiger partial charge in [-0.25, -0.2) is 0 Å². The van der Waals surface area contributed by atoms with Crippen molar-refractivity contribution in [2.24, 2.45) is 11.8 Å². The van der Waals surface area contributed by atoms with Crippen molar-refractivity contribution in [3.8, 4) is 0 Å². The van der Waals surface area contributed by atoms with Crippen LogP contribution in [0.4, 0.5) is 0 Å². The Balaban J connectivity index is 1.63. The third-order valence-corrected chi connectivity index (χ3v) is 8.68. The third kappa shape index (κ3) is 8.76. The number of hydrogen-bond acceptors (Lipinski definition) is 4. The van der Waals surface area contributed by atoms with E-state index >= 15 is 0 Å². The van der Waals surface area contributed by atoms with Crippen LogP contribution in [0.2, 0.25) is 0 Å². The molecule has 0 aromatic heterocycles. The number of amides is 2. The molecule has 1 fully saturated rings. The number of carbonyl (C=O) groups excluding carboxylic acids is 2. The van der Waals surface area contributed by atoms with Gasteiger partial charge in [0.1, 0.15) is 6.04 Å². The minimum atomic E-state index is -1.10. The van der Waals surface area contributed by atoms with Crippen molar-refractivity contribution in [2.45, 2.75) is 50.5 Å². The number of carboxylic acid groups (broad SMARTS) is 2. The van der Waals surface area contributed by atoms with Gasteiger partial charge in [-0.3, -0.25) is 19.2 Å². The molecular formula is C34H37BrN2O6. The molecule has 0 radical (unpaired) electrons. The number of nitrogens with one attached hydrogen (secondary N) is 1. The lowest BCUT2D eigenvalue weighted by atomic mass is 9.78. The first-order valence-electron chi connectivity index (χ1n) is 14.6. The maximum absolute atomic E-state index is 14.3. The molecule has 3 atom stereocenters. The molecule has 1 aliphatic carbocycles. The minimum absolute atomic E-state index is 0.0332. The van der Waals surface area contributed by atoms with E-state index in [0.29, 0.717) is 24.8 Å². The Morgan fingerprint density at radius 1 is 0.767 bits per heavy atom. The zero-order valence-electron chi connectivity index (χ0n) is 23.9. The van der Waals surface area contributed by atoms with E-state index in [9.17, 15) is 29.4 Å². The van der Waals surface area contributed by atoms with Crippen LogP contribution < -0.4 is 5.32 Å². The van der Waals surface area contributed by atoms with Gasteiger partial charge in [0.2, 0.25) is 11.8 Å². The number of benzene rings is 3. The molecule has 0 bridgehead atoms. The number of carbonyl (C=O) groups is 4. The van der Waals surface area contributed by atoms with E-state index in [1.54, 1.807) is 24.3 Å². The molecule has 3 aromatic rings. The van der Waals surface area contributed by atoms with Gasteiger partial charge in [0.15, 0.2) is 0 Å². The Labute approximate surface area is 260 Å². The van der Waals surface area contributed by atoms with E-state index in [1.807, 2.05) is 60.7 Å². The maximum Gasteiger partial charge on any atom is 0.307 e. The predicted octanol–water partition coefficient (Wildman–Crippen LogP) is 6.02. The van der Waals surface area contributed by atoms with Crippen molar-refractivity contribution in [3.05, 3.63) is 106 Å². The number of halogens is 1. The average molecular weight is 650 g/mol. The predicted molar refractivity (Wildman–Crippen MR) is 166 cm³/mol. The molecule has 1 aliphatic rings. The van der Waals surface area contributed by atoms with Gasteiger partial charge in [-0.15, -0.1) is 0 Å². The van der Waals surface area contributed by atoms with Gasteiger partial charge in [0.05, 0.1) is 18.3 Å². The molecule has 0 saturated heterocycles. The quantitative estimate of drug-likeness (QED) is 0.208. The van der Waals surface area contributed by atoms with Crippen molar-refractivity contribution in [3.63, 3.8) is 0 Å². The number of aliphatic carboxylic acids is 2. The molecule has 0 heterocycles. The smallest absolute Gasteiger partial charge is 0.307 e. The van der Waals surface area contributed by atoms with Crippen LogP contribution in [0, 0.1) is 11.8 Å². The van der Waals surface area contributed by atoms with Crippen LogP contribution in [-0.4, -0.2) is 52.0 Å². The lowest BCUT2D eigenvalue weighted by molar-refractivity contribution is -0.149. The van der Waals surface area contributed by atoms with E-state index in [2.05, 4.69) is 21.2 Å². The molecule has 1 saturated carbocycles. The van der Waals surface area contributed by atoms with Gasteiger partial charge < -0.3 is 20.4 Å². The largest absolute Gasteiger partial charge is 0.481 e. The van der Waals surface area contributed by atoms with Gasteiger partial charge >= 0.3 is 11.9 Å². The molecule has 8 nitrogen and oxygen atoms in total. The van der Waals surface area contributed by atoms with Crippen LogP contribution in [0.3, 0.4) is 0 Å². The van der Waals surface area contributed by atoms with Gasteiger partial charge in [-0.05, 0) is 48.1 Å². The zero-order chi connectivity index (χ0) is 30.8. The van der Waals surface area contributed by atoms with Crippen LogP contribution in [-0.2, 0) is 19.2 Å². The average Bonchev–Trinajstić information content (AvgIpc) is 3.02. The fourth-order valence-electron chi connectivity index (χ4n) is 5.86. The second-order valence-corrected chi connectivity index (χ2v) is 11.9. The SMILES string of the molecule is O=C(O)CCN(CCC(c1ccccc1)c1ccccc1)C(=O)[C@@H](NC(=O)[C@@H]1CCCC[C@H]1C(=O)O)c1ccc(Br)cc1. The lowest BCUT2D eigenvalue weighted by Crippen LogP contribution is -2.47. The van der Waals surface area contributed by atoms with Gasteiger partial charge in [0, 0.05) is 23.5 Å².